The number of aliphatic hydroxyl groups is 3. The molecule has 0 aromatic carbocycles. The quantitative estimate of drug-likeness (QED) is 0.421. The molecule has 5 heteroatoms. The maximum absolute atomic E-state index is 12.0. The highest BCUT2D eigenvalue weighted by atomic mass is 16.5. The second-order valence-electron chi connectivity index (χ2n) is 12.0. The van der Waals surface area contributed by atoms with Gasteiger partial charge in [0.25, 0.3) is 0 Å². The van der Waals surface area contributed by atoms with Crippen molar-refractivity contribution in [2.75, 3.05) is 6.61 Å². The van der Waals surface area contributed by atoms with Gasteiger partial charge in [-0.3, -0.25) is 4.79 Å². The Kier molecular flexibility index (Phi) is 6.84. The van der Waals surface area contributed by atoms with Crippen LogP contribution in [0.1, 0.15) is 78.6 Å². The van der Waals surface area contributed by atoms with Crippen molar-refractivity contribution in [3.63, 3.8) is 0 Å². The Balaban J connectivity index is 1.51. The molecule has 0 heterocycles. The first-order valence-electron chi connectivity index (χ1n) is 12.9. The van der Waals surface area contributed by atoms with Crippen LogP contribution in [0.25, 0.3) is 0 Å². The zero-order chi connectivity index (χ0) is 23.3. The van der Waals surface area contributed by atoms with E-state index in [1.165, 1.54) is 0 Å². The summed E-state index contributed by atoms with van der Waals surface area (Å²) in [5.74, 6) is 1.70. The lowest BCUT2D eigenvalue weighted by Gasteiger charge is -2.63. The molecule has 4 aliphatic carbocycles. The zero-order valence-electron chi connectivity index (χ0n) is 20.2. The predicted octanol–water partition coefficient (Wildman–Crippen LogP) is 4.09. The Labute approximate surface area is 193 Å². The lowest BCUT2D eigenvalue weighted by molar-refractivity contribution is -0.207. The van der Waals surface area contributed by atoms with Gasteiger partial charge in [0.1, 0.15) is 6.61 Å². The Morgan fingerprint density at radius 3 is 2.59 bits per heavy atom. The monoisotopic (exact) mass is 448 g/mol. The van der Waals surface area contributed by atoms with Gasteiger partial charge >= 0.3 is 5.97 Å². The van der Waals surface area contributed by atoms with Crippen LogP contribution >= 0.6 is 0 Å². The number of ether oxygens (including phenoxy) is 1. The van der Waals surface area contributed by atoms with Gasteiger partial charge in [-0.2, -0.15) is 0 Å². The summed E-state index contributed by atoms with van der Waals surface area (Å²) in [7, 11) is 0. The van der Waals surface area contributed by atoms with E-state index in [0.29, 0.717) is 36.0 Å². The molecular formula is C27H44O5. The molecule has 0 spiro atoms. The highest BCUT2D eigenvalue weighted by Gasteiger charge is 2.65. The van der Waals surface area contributed by atoms with Gasteiger partial charge < -0.3 is 20.1 Å². The van der Waals surface area contributed by atoms with E-state index in [1.807, 2.05) is 0 Å². The maximum Gasteiger partial charge on any atom is 0.306 e. The van der Waals surface area contributed by atoms with Gasteiger partial charge in [0, 0.05) is 6.42 Å². The van der Waals surface area contributed by atoms with E-state index in [9.17, 15) is 20.1 Å². The molecule has 4 saturated carbocycles. The van der Waals surface area contributed by atoms with Gasteiger partial charge in [-0.15, -0.1) is 0 Å². The van der Waals surface area contributed by atoms with Crippen molar-refractivity contribution >= 4 is 5.97 Å². The Bertz CT molecular complexity index is 708. The number of fused-ring (bicyclic) bond motifs is 5. The molecule has 11 atom stereocenters. The van der Waals surface area contributed by atoms with Gasteiger partial charge in [-0.25, -0.2) is 0 Å². The van der Waals surface area contributed by atoms with Crippen LogP contribution in [-0.4, -0.2) is 46.2 Å². The molecule has 4 aliphatic rings. The normalized spacial score (nSPS) is 48.8. The molecule has 3 N–H and O–H groups in total. The van der Waals surface area contributed by atoms with Crippen LogP contribution < -0.4 is 0 Å². The Hall–Kier alpha value is -0.910. The zero-order valence-corrected chi connectivity index (χ0v) is 20.2. The van der Waals surface area contributed by atoms with Gasteiger partial charge in [-0.1, -0.05) is 33.4 Å². The van der Waals surface area contributed by atoms with Crippen LogP contribution in [0.4, 0.5) is 0 Å². The first-order valence-corrected chi connectivity index (χ1v) is 12.9. The lowest BCUT2D eigenvalue weighted by atomic mass is 9.43. The summed E-state index contributed by atoms with van der Waals surface area (Å²) in [6, 6.07) is 0. The number of aliphatic hydroxyl groups excluding tert-OH is 3. The van der Waals surface area contributed by atoms with Gasteiger partial charge in [-0.05, 0) is 97.7 Å². The van der Waals surface area contributed by atoms with Gasteiger partial charge in [0.15, 0.2) is 0 Å². The molecular weight excluding hydrogens is 404 g/mol. The van der Waals surface area contributed by atoms with Crippen molar-refractivity contribution in [1.82, 2.24) is 0 Å². The van der Waals surface area contributed by atoms with Gasteiger partial charge in [0.2, 0.25) is 0 Å². The van der Waals surface area contributed by atoms with Crippen LogP contribution in [0, 0.1) is 46.3 Å². The molecule has 32 heavy (non-hydrogen) atoms. The van der Waals surface area contributed by atoms with Crippen molar-refractivity contribution in [2.45, 2.75) is 96.9 Å². The second-order valence-corrected chi connectivity index (χ2v) is 12.0. The van der Waals surface area contributed by atoms with Crippen LogP contribution in [0.2, 0.25) is 0 Å². The molecule has 4 fully saturated rings. The van der Waals surface area contributed by atoms with Crippen molar-refractivity contribution in [3.8, 4) is 0 Å². The van der Waals surface area contributed by atoms with Crippen LogP contribution in [0.5, 0.6) is 0 Å². The summed E-state index contributed by atoms with van der Waals surface area (Å²) in [6.07, 6.45) is 8.04. The predicted molar refractivity (Wildman–Crippen MR) is 124 cm³/mol. The molecule has 0 amide bonds. The maximum atomic E-state index is 12.0. The highest BCUT2D eigenvalue weighted by molar-refractivity contribution is 5.69. The molecule has 0 unspecified atom stereocenters. The number of hydrogen-bond donors (Lipinski definition) is 3. The minimum Gasteiger partial charge on any atom is -0.461 e. The number of carbonyl (C=O) groups excluding carboxylic acids is 1. The third kappa shape index (κ3) is 3.86. The number of carbonyl (C=O) groups is 1. The highest BCUT2D eigenvalue weighted by Crippen LogP contribution is 2.68. The van der Waals surface area contributed by atoms with E-state index in [2.05, 4.69) is 27.4 Å². The molecule has 0 bridgehead atoms. The lowest BCUT2D eigenvalue weighted by Crippen LogP contribution is -2.62. The average Bonchev–Trinajstić information content (AvgIpc) is 3.11. The first-order chi connectivity index (χ1) is 15.1. The van der Waals surface area contributed by atoms with E-state index >= 15 is 0 Å². The molecule has 5 nitrogen and oxygen atoms in total. The second kappa shape index (κ2) is 9.03. The van der Waals surface area contributed by atoms with Crippen LogP contribution in [0.3, 0.4) is 0 Å². The summed E-state index contributed by atoms with van der Waals surface area (Å²) >= 11 is 0. The van der Waals surface area contributed by atoms with E-state index in [0.717, 1.165) is 51.4 Å². The minimum absolute atomic E-state index is 0.101. The number of hydrogen-bond acceptors (Lipinski definition) is 5. The van der Waals surface area contributed by atoms with Gasteiger partial charge in [0.05, 0.1) is 18.3 Å². The van der Waals surface area contributed by atoms with E-state index in [1.54, 1.807) is 6.08 Å². The summed E-state index contributed by atoms with van der Waals surface area (Å²) in [4.78, 5) is 12.0. The van der Waals surface area contributed by atoms with Crippen LogP contribution in [-0.2, 0) is 9.53 Å². The topological polar surface area (TPSA) is 87.0 Å². The molecule has 4 rings (SSSR count). The standard InChI is InChI=1S/C27H44O5/c1-5-12-32-24(31)9-6-16(2)19-7-8-20-25-21(15-23(30)27(19,20)4)26(3)11-10-18(28)13-17(26)14-22(25)29/h5,16-23,25,28-30H,1,6-15H2,2-4H3/t16-,17+,18-,19-,20+,21+,22-,23+,25+,26+,27-/m1/s1. The average molecular weight is 449 g/mol. The van der Waals surface area contributed by atoms with Crippen molar-refractivity contribution in [3.05, 3.63) is 12.7 Å². The summed E-state index contributed by atoms with van der Waals surface area (Å²) in [5.41, 5.74) is -0.117. The molecule has 0 radical (unpaired) electrons. The fourth-order valence-corrected chi connectivity index (χ4v) is 8.90. The summed E-state index contributed by atoms with van der Waals surface area (Å²) < 4.78 is 5.15. The third-order valence-corrected chi connectivity index (χ3v) is 10.7. The van der Waals surface area contributed by atoms with Crippen molar-refractivity contribution < 1.29 is 24.9 Å². The molecule has 0 saturated heterocycles. The summed E-state index contributed by atoms with van der Waals surface area (Å²) in [6.45, 7) is 10.7. The largest absolute Gasteiger partial charge is 0.461 e. The van der Waals surface area contributed by atoms with E-state index in [-0.39, 0.29) is 47.6 Å². The Morgan fingerprint density at radius 2 is 1.88 bits per heavy atom. The molecule has 0 aromatic rings. The van der Waals surface area contributed by atoms with E-state index in [4.69, 9.17) is 4.74 Å². The molecule has 0 aliphatic heterocycles. The van der Waals surface area contributed by atoms with E-state index < -0.39 is 0 Å². The summed E-state index contributed by atoms with van der Waals surface area (Å²) in [5, 5.41) is 33.2. The minimum atomic E-state index is -0.383. The third-order valence-electron chi connectivity index (χ3n) is 10.7. The SMILES string of the molecule is C=CCOC(=O)CC[C@@H](C)[C@H]1CC[C@H]2[C@@H]3[C@H](O)C[C@@H]4C[C@H](O)CC[C@]4(C)[C@H]3C[C@H](O)[C@]12C. The number of rotatable bonds is 6. The fraction of sp³-hybridized carbons (Fsp3) is 0.889. The fourth-order valence-electron chi connectivity index (χ4n) is 8.90. The Morgan fingerprint density at radius 1 is 1.12 bits per heavy atom. The van der Waals surface area contributed by atoms with Crippen molar-refractivity contribution in [1.29, 1.82) is 0 Å². The molecule has 0 aromatic heterocycles. The first kappa shape index (κ1) is 24.2. The number of esters is 1. The van der Waals surface area contributed by atoms with Crippen LogP contribution in [0.15, 0.2) is 12.7 Å². The van der Waals surface area contributed by atoms with Crippen molar-refractivity contribution in [2.24, 2.45) is 46.3 Å². The molecule has 182 valence electrons. The smallest absolute Gasteiger partial charge is 0.306 e.